The van der Waals surface area contributed by atoms with Crippen molar-refractivity contribution in [2.75, 3.05) is 31.1 Å². The van der Waals surface area contributed by atoms with E-state index in [0.717, 1.165) is 38.3 Å². The Labute approximate surface area is 131 Å². The molecule has 0 saturated carbocycles. The first kappa shape index (κ1) is 15.9. The summed E-state index contributed by atoms with van der Waals surface area (Å²) >= 11 is 6.36. The van der Waals surface area contributed by atoms with Crippen molar-refractivity contribution in [1.29, 1.82) is 0 Å². The first-order valence-electron chi connectivity index (χ1n) is 7.37. The third-order valence-electron chi connectivity index (χ3n) is 4.18. The average Bonchev–Trinajstić information content (AvgIpc) is 2.97. The number of likely N-dealkylation sites (N-methyl/N-ethyl adjacent to an activating group) is 1. The van der Waals surface area contributed by atoms with Crippen molar-refractivity contribution in [2.24, 2.45) is 10.9 Å². The molecule has 0 radical (unpaired) electrons. The Balaban J connectivity index is 2.13. The molecule has 1 saturated heterocycles. The summed E-state index contributed by atoms with van der Waals surface area (Å²) in [6, 6.07) is 6.11. The minimum atomic E-state index is 0.0749. The predicted octanol–water partition coefficient (Wildman–Crippen LogP) is 2.35. The number of benzene rings is 1. The van der Waals surface area contributed by atoms with Gasteiger partial charge in [-0.1, -0.05) is 30.6 Å². The lowest BCUT2D eigenvalue weighted by atomic mass is 10.2. The molecule has 0 aromatic heterocycles. The van der Waals surface area contributed by atoms with Gasteiger partial charge in [0.25, 0.3) is 0 Å². The van der Waals surface area contributed by atoms with Crippen LogP contribution >= 0.6 is 11.6 Å². The minimum Gasteiger partial charge on any atom is -0.409 e. The van der Waals surface area contributed by atoms with Crippen LogP contribution in [0.25, 0.3) is 0 Å². The van der Waals surface area contributed by atoms with Crippen LogP contribution in [0.1, 0.15) is 25.8 Å². The molecule has 1 aromatic carbocycles. The molecule has 1 aromatic rings. The van der Waals surface area contributed by atoms with Crippen LogP contribution in [-0.2, 0) is 0 Å². The molecule has 0 bridgehead atoms. The molecule has 6 heteroatoms. The topological polar surface area (TPSA) is 65.1 Å². The van der Waals surface area contributed by atoms with E-state index in [9.17, 15) is 0 Å². The van der Waals surface area contributed by atoms with Gasteiger partial charge in [0.05, 0.1) is 10.7 Å². The van der Waals surface area contributed by atoms with Crippen molar-refractivity contribution < 1.29 is 5.21 Å². The number of nitrogens with two attached hydrogens (primary N) is 1. The smallest absolute Gasteiger partial charge is 0.170 e. The molecule has 1 heterocycles. The van der Waals surface area contributed by atoms with E-state index in [4.69, 9.17) is 22.5 Å². The lowest BCUT2D eigenvalue weighted by Gasteiger charge is -2.27. The summed E-state index contributed by atoms with van der Waals surface area (Å²) < 4.78 is 0. The molecule has 0 amide bonds. The highest BCUT2D eigenvalue weighted by molar-refractivity contribution is 6.33. The van der Waals surface area contributed by atoms with Gasteiger partial charge in [0.1, 0.15) is 0 Å². The fourth-order valence-corrected chi connectivity index (χ4v) is 3.28. The molecule has 116 valence electrons. The first-order valence-corrected chi connectivity index (χ1v) is 7.74. The fraction of sp³-hybridized carbons (Fsp3) is 0.533. The van der Waals surface area contributed by atoms with Gasteiger partial charge in [0, 0.05) is 24.7 Å². The van der Waals surface area contributed by atoms with E-state index < -0.39 is 0 Å². The van der Waals surface area contributed by atoms with Crippen molar-refractivity contribution in [3.8, 4) is 0 Å². The molecule has 1 unspecified atom stereocenters. The van der Waals surface area contributed by atoms with Crippen LogP contribution in [0.3, 0.4) is 0 Å². The van der Waals surface area contributed by atoms with Gasteiger partial charge >= 0.3 is 0 Å². The molecule has 2 rings (SSSR count). The summed E-state index contributed by atoms with van der Waals surface area (Å²) in [4.78, 5) is 4.79. The van der Waals surface area contributed by atoms with E-state index in [1.54, 1.807) is 6.07 Å². The Hall–Kier alpha value is -1.46. The van der Waals surface area contributed by atoms with Crippen molar-refractivity contribution in [3.63, 3.8) is 0 Å². The monoisotopic (exact) mass is 310 g/mol. The summed E-state index contributed by atoms with van der Waals surface area (Å²) in [7, 11) is 0. The van der Waals surface area contributed by atoms with Gasteiger partial charge in [0.15, 0.2) is 5.84 Å². The Morgan fingerprint density at radius 1 is 1.48 bits per heavy atom. The number of hydrogen-bond donors (Lipinski definition) is 2. The zero-order valence-electron chi connectivity index (χ0n) is 12.6. The van der Waals surface area contributed by atoms with Crippen LogP contribution in [0.5, 0.6) is 0 Å². The Morgan fingerprint density at radius 2 is 2.19 bits per heavy atom. The van der Waals surface area contributed by atoms with Crippen molar-refractivity contribution >= 4 is 23.1 Å². The number of rotatable bonds is 5. The molecule has 3 N–H and O–H groups in total. The van der Waals surface area contributed by atoms with Crippen LogP contribution < -0.4 is 10.6 Å². The van der Waals surface area contributed by atoms with Gasteiger partial charge in [-0.3, -0.25) is 4.90 Å². The van der Waals surface area contributed by atoms with E-state index in [2.05, 4.69) is 28.8 Å². The molecular weight excluding hydrogens is 288 g/mol. The standard InChI is InChI=1S/C15H23ClN4O/c1-3-19(4-2)12-7-8-20(10-12)14-6-5-11(9-13(14)16)15(17)18-21/h5-6,9,12,21H,3-4,7-8,10H2,1-2H3,(H2,17,18). The summed E-state index contributed by atoms with van der Waals surface area (Å²) in [5.74, 6) is 0.0749. The SMILES string of the molecule is CCN(CC)C1CCN(c2ccc(C(N)=NO)cc2Cl)C1. The maximum absolute atomic E-state index is 8.71. The van der Waals surface area contributed by atoms with E-state index >= 15 is 0 Å². The Morgan fingerprint density at radius 3 is 2.76 bits per heavy atom. The van der Waals surface area contributed by atoms with Gasteiger partial charge in [-0.05, 0) is 37.7 Å². The summed E-state index contributed by atoms with van der Waals surface area (Å²) in [5.41, 5.74) is 7.23. The number of hydrogen-bond acceptors (Lipinski definition) is 4. The zero-order valence-corrected chi connectivity index (χ0v) is 13.3. The number of amidine groups is 1. The van der Waals surface area contributed by atoms with Gasteiger partial charge in [-0.2, -0.15) is 0 Å². The highest BCUT2D eigenvalue weighted by Crippen LogP contribution is 2.30. The summed E-state index contributed by atoms with van der Waals surface area (Å²) in [6.45, 7) is 8.54. The van der Waals surface area contributed by atoms with E-state index in [-0.39, 0.29) is 5.84 Å². The third kappa shape index (κ3) is 3.41. The highest BCUT2D eigenvalue weighted by atomic mass is 35.5. The number of halogens is 1. The largest absolute Gasteiger partial charge is 0.409 e. The normalized spacial score (nSPS) is 19.5. The van der Waals surface area contributed by atoms with Crippen molar-refractivity contribution in [2.45, 2.75) is 26.3 Å². The maximum Gasteiger partial charge on any atom is 0.170 e. The lowest BCUT2D eigenvalue weighted by molar-refractivity contribution is 0.232. The Kier molecular flexibility index (Phi) is 5.31. The highest BCUT2D eigenvalue weighted by Gasteiger charge is 2.27. The van der Waals surface area contributed by atoms with Crippen LogP contribution in [-0.4, -0.2) is 48.2 Å². The molecule has 5 nitrogen and oxygen atoms in total. The third-order valence-corrected chi connectivity index (χ3v) is 4.49. The molecule has 21 heavy (non-hydrogen) atoms. The zero-order chi connectivity index (χ0) is 15.4. The molecule has 1 aliphatic rings. The molecule has 0 spiro atoms. The van der Waals surface area contributed by atoms with Crippen LogP contribution in [0.4, 0.5) is 5.69 Å². The average molecular weight is 311 g/mol. The number of anilines is 1. The fourth-order valence-electron chi connectivity index (χ4n) is 2.98. The van der Waals surface area contributed by atoms with E-state index in [0.29, 0.717) is 16.6 Å². The van der Waals surface area contributed by atoms with Crippen molar-refractivity contribution in [3.05, 3.63) is 28.8 Å². The van der Waals surface area contributed by atoms with Gasteiger partial charge in [-0.15, -0.1) is 0 Å². The number of nitrogens with zero attached hydrogens (tertiary/aromatic N) is 3. The second kappa shape index (κ2) is 7.00. The summed E-state index contributed by atoms with van der Waals surface area (Å²) in [6.07, 6.45) is 1.15. The van der Waals surface area contributed by atoms with Gasteiger partial charge in [-0.25, -0.2) is 0 Å². The molecule has 1 fully saturated rings. The second-order valence-electron chi connectivity index (χ2n) is 5.26. The molecular formula is C15H23ClN4O. The van der Waals surface area contributed by atoms with Crippen LogP contribution in [0.2, 0.25) is 5.02 Å². The van der Waals surface area contributed by atoms with Crippen LogP contribution in [0.15, 0.2) is 23.4 Å². The van der Waals surface area contributed by atoms with Crippen LogP contribution in [0, 0.1) is 0 Å². The van der Waals surface area contributed by atoms with Gasteiger partial charge < -0.3 is 15.8 Å². The van der Waals surface area contributed by atoms with Gasteiger partial charge in [0.2, 0.25) is 0 Å². The molecule has 1 atom stereocenters. The molecule has 0 aliphatic carbocycles. The predicted molar refractivity (Wildman–Crippen MR) is 87.5 cm³/mol. The van der Waals surface area contributed by atoms with E-state index in [1.165, 1.54) is 0 Å². The summed E-state index contributed by atoms with van der Waals surface area (Å²) in [5, 5.41) is 12.4. The lowest BCUT2D eigenvalue weighted by Crippen LogP contribution is -2.37. The first-order chi connectivity index (χ1) is 10.1. The number of oxime groups is 1. The second-order valence-corrected chi connectivity index (χ2v) is 5.67. The van der Waals surface area contributed by atoms with E-state index in [1.807, 2.05) is 12.1 Å². The minimum absolute atomic E-state index is 0.0749. The molecule has 1 aliphatic heterocycles. The maximum atomic E-state index is 8.71. The van der Waals surface area contributed by atoms with Crippen molar-refractivity contribution in [1.82, 2.24) is 4.90 Å². The quantitative estimate of drug-likeness (QED) is 0.379. The Bertz CT molecular complexity index is 516.